The van der Waals surface area contributed by atoms with Crippen LogP contribution >= 0.6 is 35.6 Å². The summed E-state index contributed by atoms with van der Waals surface area (Å²) in [6.07, 6.45) is 2.10. The van der Waals surface area contributed by atoms with E-state index in [0.717, 1.165) is 11.1 Å². The predicted octanol–water partition coefficient (Wildman–Crippen LogP) is 5.43. The number of carbonyl (C=O) groups excluding carboxylic acids is 1. The maximum absolute atomic E-state index is 12.9. The van der Waals surface area contributed by atoms with Gasteiger partial charge >= 0.3 is 0 Å². The third-order valence-corrected chi connectivity index (χ3v) is 4.99. The average Bonchev–Trinajstić information content (AvgIpc) is 2.86. The molecule has 0 saturated carbocycles. The number of allylic oxidation sites excluding steroid dienone is 1. The highest BCUT2D eigenvalue weighted by molar-refractivity contribution is 8.27. The number of hydrogen-bond acceptors (Lipinski definition) is 4. The van der Waals surface area contributed by atoms with Crippen LogP contribution in [0.25, 0.3) is 6.08 Å². The van der Waals surface area contributed by atoms with E-state index in [1.54, 1.807) is 30.3 Å². The fourth-order valence-corrected chi connectivity index (χ4v) is 3.63. The summed E-state index contributed by atoms with van der Waals surface area (Å²) in [6.45, 7) is 0.295. The molecule has 122 valence electrons. The van der Waals surface area contributed by atoms with Gasteiger partial charge in [-0.25, -0.2) is 4.39 Å². The fraction of sp³-hybridized carbons (Fsp3) is 0.111. The van der Waals surface area contributed by atoms with Crippen molar-refractivity contribution in [1.82, 2.24) is 0 Å². The molecule has 2 aromatic rings. The molecule has 1 aliphatic heterocycles. The Bertz CT molecular complexity index is 831. The number of halogens is 2. The summed E-state index contributed by atoms with van der Waals surface area (Å²) in [6, 6.07) is 11.4. The van der Waals surface area contributed by atoms with Crippen molar-refractivity contribution in [2.24, 2.45) is 0 Å². The van der Waals surface area contributed by atoms with Gasteiger partial charge in [0.25, 0.3) is 0 Å². The number of thiocarbonyl (C=S) groups is 1. The van der Waals surface area contributed by atoms with Gasteiger partial charge in [-0.15, -0.1) is 0 Å². The quantitative estimate of drug-likeness (QED) is 0.523. The topological polar surface area (TPSA) is 26.3 Å². The van der Waals surface area contributed by atoms with Crippen molar-refractivity contribution < 1.29 is 13.9 Å². The van der Waals surface area contributed by atoms with E-state index in [1.165, 1.54) is 23.9 Å². The van der Waals surface area contributed by atoms with Crippen LogP contribution in [0.2, 0.25) is 5.02 Å². The second kappa shape index (κ2) is 7.47. The molecule has 0 radical (unpaired) electrons. The van der Waals surface area contributed by atoms with E-state index in [4.69, 9.17) is 28.6 Å². The Labute approximate surface area is 153 Å². The molecule has 1 fully saturated rings. The highest BCUT2D eigenvalue weighted by Crippen LogP contribution is 2.33. The third-order valence-electron chi connectivity index (χ3n) is 3.36. The first-order valence-corrected chi connectivity index (χ1v) is 8.74. The van der Waals surface area contributed by atoms with E-state index in [2.05, 4.69) is 0 Å². The van der Waals surface area contributed by atoms with Gasteiger partial charge in [0, 0.05) is 0 Å². The second-order valence-corrected chi connectivity index (χ2v) is 7.48. The molecule has 0 bridgehead atoms. The summed E-state index contributed by atoms with van der Waals surface area (Å²) in [5.41, 5.74) is 1.66. The molecule has 1 saturated heterocycles. The van der Waals surface area contributed by atoms with Crippen LogP contribution in [0.15, 0.2) is 47.4 Å². The summed E-state index contributed by atoms with van der Waals surface area (Å²) < 4.78 is 19.2. The average molecular weight is 379 g/mol. The number of Topliss-reactive ketones (excluding diaryl/α,β-unsaturated/α-hetero) is 1. The van der Waals surface area contributed by atoms with Gasteiger partial charge < -0.3 is 4.74 Å². The first kappa shape index (κ1) is 17.1. The standard InChI is InChI=1S/C18H12ClFO2S2/c19-14-7-12(8-17-15(21)9-18(23)24-17)3-6-16(14)22-10-11-1-4-13(20)5-2-11/h1-8H,9-10H2/b17-8+. The number of ketones is 1. The molecule has 0 spiro atoms. The highest BCUT2D eigenvalue weighted by atomic mass is 35.5. The van der Waals surface area contributed by atoms with Crippen LogP contribution < -0.4 is 4.74 Å². The molecule has 0 N–H and O–H groups in total. The Morgan fingerprint density at radius 2 is 2.00 bits per heavy atom. The van der Waals surface area contributed by atoms with Crippen LogP contribution in [0.3, 0.4) is 0 Å². The van der Waals surface area contributed by atoms with E-state index < -0.39 is 0 Å². The van der Waals surface area contributed by atoms with Crippen molar-refractivity contribution in [1.29, 1.82) is 0 Å². The fourth-order valence-electron chi connectivity index (χ4n) is 2.16. The second-order valence-electron chi connectivity index (χ2n) is 5.19. The van der Waals surface area contributed by atoms with Crippen molar-refractivity contribution >= 4 is 51.6 Å². The zero-order valence-electron chi connectivity index (χ0n) is 12.4. The SMILES string of the molecule is O=C1CC(=S)S/C1=C/c1ccc(OCc2ccc(F)cc2)c(Cl)c1. The molecule has 1 aliphatic rings. The van der Waals surface area contributed by atoms with Gasteiger partial charge in [0.05, 0.1) is 20.5 Å². The van der Waals surface area contributed by atoms with Gasteiger partial charge in [-0.3, -0.25) is 4.79 Å². The normalized spacial score (nSPS) is 16.0. The molecule has 1 heterocycles. The molecule has 0 unspecified atom stereocenters. The Morgan fingerprint density at radius 1 is 1.25 bits per heavy atom. The zero-order chi connectivity index (χ0) is 17.1. The Kier molecular flexibility index (Phi) is 5.33. The number of carbonyl (C=O) groups is 1. The van der Waals surface area contributed by atoms with Crippen LogP contribution in [-0.2, 0) is 11.4 Å². The zero-order valence-corrected chi connectivity index (χ0v) is 14.8. The monoisotopic (exact) mass is 378 g/mol. The van der Waals surface area contributed by atoms with Crippen molar-refractivity contribution in [3.8, 4) is 5.75 Å². The maximum atomic E-state index is 12.9. The molecule has 0 aromatic heterocycles. The van der Waals surface area contributed by atoms with Crippen molar-refractivity contribution in [2.45, 2.75) is 13.0 Å². The minimum atomic E-state index is -0.284. The van der Waals surface area contributed by atoms with Crippen molar-refractivity contribution in [3.63, 3.8) is 0 Å². The summed E-state index contributed by atoms with van der Waals surface area (Å²) in [7, 11) is 0. The molecule has 24 heavy (non-hydrogen) atoms. The van der Waals surface area contributed by atoms with E-state index in [0.29, 0.717) is 32.9 Å². The minimum absolute atomic E-state index is 0.0396. The number of thioether (sulfide) groups is 1. The maximum Gasteiger partial charge on any atom is 0.175 e. The molecule has 6 heteroatoms. The van der Waals surface area contributed by atoms with Crippen LogP contribution in [0.4, 0.5) is 4.39 Å². The molecule has 0 aliphatic carbocycles. The summed E-state index contributed by atoms with van der Waals surface area (Å²) in [4.78, 5) is 12.4. The third kappa shape index (κ3) is 4.23. The van der Waals surface area contributed by atoms with Crippen LogP contribution in [0.5, 0.6) is 5.75 Å². The smallest absolute Gasteiger partial charge is 0.175 e. The molecule has 3 rings (SSSR count). The van der Waals surface area contributed by atoms with Gasteiger partial charge in [-0.2, -0.15) is 0 Å². The number of benzene rings is 2. The largest absolute Gasteiger partial charge is 0.487 e. The van der Waals surface area contributed by atoms with Gasteiger partial charge in [0.15, 0.2) is 5.78 Å². The molecular weight excluding hydrogens is 367 g/mol. The first-order valence-electron chi connectivity index (χ1n) is 7.13. The van der Waals surface area contributed by atoms with Gasteiger partial charge in [0.2, 0.25) is 0 Å². The van der Waals surface area contributed by atoms with Gasteiger partial charge in [-0.05, 0) is 41.5 Å². The number of hydrogen-bond donors (Lipinski definition) is 0. The van der Waals surface area contributed by atoms with E-state index in [-0.39, 0.29) is 11.6 Å². The van der Waals surface area contributed by atoms with E-state index in [1.807, 2.05) is 6.07 Å². The van der Waals surface area contributed by atoms with E-state index in [9.17, 15) is 9.18 Å². The lowest BCUT2D eigenvalue weighted by atomic mass is 10.1. The molecular formula is C18H12ClFO2S2. The molecule has 2 aromatic carbocycles. The Hall–Kier alpha value is -1.69. The molecule has 0 atom stereocenters. The van der Waals surface area contributed by atoms with Crippen LogP contribution in [0, 0.1) is 5.82 Å². The first-order chi connectivity index (χ1) is 11.5. The number of rotatable bonds is 4. The lowest BCUT2D eigenvalue weighted by Gasteiger charge is -2.09. The van der Waals surface area contributed by atoms with Crippen LogP contribution in [-0.4, -0.2) is 9.98 Å². The van der Waals surface area contributed by atoms with Gasteiger partial charge in [0.1, 0.15) is 18.2 Å². The van der Waals surface area contributed by atoms with Gasteiger partial charge in [-0.1, -0.05) is 53.8 Å². The van der Waals surface area contributed by atoms with Crippen molar-refractivity contribution in [3.05, 3.63) is 69.3 Å². The lowest BCUT2D eigenvalue weighted by molar-refractivity contribution is -0.113. The summed E-state index contributed by atoms with van der Waals surface area (Å²) in [5.74, 6) is 0.287. The highest BCUT2D eigenvalue weighted by Gasteiger charge is 2.22. The molecule has 0 amide bonds. The van der Waals surface area contributed by atoms with Crippen molar-refractivity contribution in [2.75, 3.05) is 0 Å². The number of ether oxygens (including phenoxy) is 1. The summed E-state index contributed by atoms with van der Waals surface area (Å²) >= 11 is 12.6. The Morgan fingerprint density at radius 3 is 2.62 bits per heavy atom. The minimum Gasteiger partial charge on any atom is -0.487 e. The molecule has 2 nitrogen and oxygen atoms in total. The Balaban J connectivity index is 1.70. The predicted molar refractivity (Wildman–Crippen MR) is 100.0 cm³/mol. The van der Waals surface area contributed by atoms with E-state index >= 15 is 0 Å². The summed E-state index contributed by atoms with van der Waals surface area (Å²) in [5, 5.41) is 0.449. The lowest BCUT2D eigenvalue weighted by Crippen LogP contribution is -1.96. The van der Waals surface area contributed by atoms with Crippen LogP contribution in [0.1, 0.15) is 17.5 Å².